The third-order valence-electron chi connectivity index (χ3n) is 3.11. The molecule has 1 saturated heterocycles. The van der Waals surface area contributed by atoms with Crippen LogP contribution in [-0.4, -0.2) is 36.0 Å². The van der Waals surface area contributed by atoms with Gasteiger partial charge in [0, 0.05) is 18.0 Å². The summed E-state index contributed by atoms with van der Waals surface area (Å²) >= 11 is 2.24. The van der Waals surface area contributed by atoms with Crippen molar-refractivity contribution in [1.29, 1.82) is 0 Å². The molecule has 0 radical (unpaired) electrons. The fourth-order valence-electron chi connectivity index (χ4n) is 2.06. The molecule has 0 saturated carbocycles. The molecule has 0 unspecified atom stereocenters. The van der Waals surface area contributed by atoms with Crippen molar-refractivity contribution < 1.29 is 19.0 Å². The fraction of sp³-hybridized carbons (Fsp3) is 0.500. The molecule has 1 aliphatic heterocycles. The van der Waals surface area contributed by atoms with Crippen molar-refractivity contribution in [3.8, 4) is 0 Å². The largest absolute Gasteiger partial charge is 0.456 e. The topological polar surface area (TPSA) is 44.8 Å². The normalized spacial score (nSPS) is 26.9. The first-order valence-electron chi connectivity index (χ1n) is 6.25. The number of ether oxygens (including phenoxy) is 3. The average molecular weight is 376 g/mol. The summed E-state index contributed by atoms with van der Waals surface area (Å²) in [6, 6.07) is 9.03. The number of hydrogen-bond acceptors (Lipinski definition) is 4. The lowest BCUT2D eigenvalue weighted by molar-refractivity contribution is -0.204. The number of benzene rings is 1. The Morgan fingerprint density at radius 2 is 2.11 bits per heavy atom. The SMILES string of the molecule is CO[C@H]1CC[C@@H](OC(=O)c2ccccc2)[C@H](CI)O1. The molecule has 3 atom stereocenters. The van der Waals surface area contributed by atoms with Crippen molar-refractivity contribution in [3.05, 3.63) is 35.9 Å². The Balaban J connectivity index is 1.96. The van der Waals surface area contributed by atoms with Crippen LogP contribution in [0.5, 0.6) is 0 Å². The monoisotopic (exact) mass is 376 g/mol. The smallest absolute Gasteiger partial charge is 0.338 e. The van der Waals surface area contributed by atoms with Crippen LogP contribution in [-0.2, 0) is 14.2 Å². The van der Waals surface area contributed by atoms with Crippen LogP contribution in [0.3, 0.4) is 0 Å². The maximum atomic E-state index is 12.0. The van der Waals surface area contributed by atoms with Crippen molar-refractivity contribution in [2.24, 2.45) is 0 Å². The van der Waals surface area contributed by atoms with Crippen LogP contribution >= 0.6 is 22.6 Å². The Labute approximate surface area is 126 Å². The summed E-state index contributed by atoms with van der Waals surface area (Å²) in [6.07, 6.45) is 1.02. The van der Waals surface area contributed by atoms with Gasteiger partial charge in [-0.15, -0.1) is 0 Å². The van der Waals surface area contributed by atoms with Crippen LogP contribution in [0.15, 0.2) is 30.3 Å². The quantitative estimate of drug-likeness (QED) is 0.461. The lowest BCUT2D eigenvalue weighted by atomic mass is 10.1. The number of rotatable bonds is 4. The van der Waals surface area contributed by atoms with E-state index in [1.165, 1.54) is 0 Å². The van der Waals surface area contributed by atoms with Gasteiger partial charge in [0.15, 0.2) is 6.29 Å². The van der Waals surface area contributed by atoms with E-state index >= 15 is 0 Å². The summed E-state index contributed by atoms with van der Waals surface area (Å²) in [6.45, 7) is 0. The first-order valence-corrected chi connectivity index (χ1v) is 7.77. The first-order chi connectivity index (χ1) is 9.24. The highest BCUT2D eigenvalue weighted by molar-refractivity contribution is 14.1. The number of methoxy groups -OCH3 is 1. The molecule has 2 rings (SSSR count). The maximum Gasteiger partial charge on any atom is 0.338 e. The van der Waals surface area contributed by atoms with Crippen molar-refractivity contribution in [2.45, 2.75) is 31.3 Å². The summed E-state index contributed by atoms with van der Waals surface area (Å²) in [5.74, 6) is -0.292. The van der Waals surface area contributed by atoms with E-state index in [2.05, 4.69) is 22.6 Å². The summed E-state index contributed by atoms with van der Waals surface area (Å²) in [7, 11) is 1.63. The molecule has 19 heavy (non-hydrogen) atoms. The van der Waals surface area contributed by atoms with Crippen LogP contribution in [0.1, 0.15) is 23.2 Å². The minimum absolute atomic E-state index is 0.105. The zero-order chi connectivity index (χ0) is 13.7. The Morgan fingerprint density at radius 3 is 2.74 bits per heavy atom. The van der Waals surface area contributed by atoms with Crippen molar-refractivity contribution in [2.75, 3.05) is 11.5 Å². The predicted octanol–water partition coefficient (Wildman–Crippen LogP) is 2.80. The minimum Gasteiger partial charge on any atom is -0.456 e. The maximum absolute atomic E-state index is 12.0. The molecule has 0 spiro atoms. The molecule has 0 amide bonds. The average Bonchev–Trinajstić information content (AvgIpc) is 2.48. The van der Waals surface area contributed by atoms with Gasteiger partial charge in [-0.3, -0.25) is 0 Å². The third kappa shape index (κ3) is 3.90. The number of carbonyl (C=O) groups is 1. The van der Waals surface area contributed by atoms with E-state index < -0.39 is 0 Å². The molecule has 1 aromatic rings. The second-order valence-electron chi connectivity index (χ2n) is 4.38. The van der Waals surface area contributed by atoms with E-state index in [9.17, 15) is 4.79 Å². The Hall–Kier alpha value is -0.660. The van der Waals surface area contributed by atoms with Crippen LogP contribution in [0.2, 0.25) is 0 Å². The van der Waals surface area contributed by atoms with E-state index in [0.29, 0.717) is 5.56 Å². The molecule has 1 fully saturated rings. The lowest BCUT2D eigenvalue weighted by Gasteiger charge is -2.34. The fourth-order valence-corrected chi connectivity index (χ4v) is 2.84. The van der Waals surface area contributed by atoms with Gasteiger partial charge < -0.3 is 14.2 Å². The number of hydrogen-bond donors (Lipinski definition) is 0. The van der Waals surface area contributed by atoms with Crippen molar-refractivity contribution >= 4 is 28.6 Å². The lowest BCUT2D eigenvalue weighted by Crippen LogP contribution is -2.43. The summed E-state index contributed by atoms with van der Waals surface area (Å²) in [5.41, 5.74) is 0.573. The molecule has 5 heteroatoms. The number of alkyl halides is 1. The van der Waals surface area contributed by atoms with Gasteiger partial charge >= 0.3 is 5.97 Å². The van der Waals surface area contributed by atoms with E-state index in [0.717, 1.165) is 17.3 Å². The van der Waals surface area contributed by atoms with E-state index in [1.807, 2.05) is 18.2 Å². The predicted molar refractivity (Wildman–Crippen MR) is 79.4 cm³/mol. The summed E-state index contributed by atoms with van der Waals surface area (Å²) in [5, 5.41) is 0. The molecule has 4 nitrogen and oxygen atoms in total. The van der Waals surface area contributed by atoms with Gasteiger partial charge in [-0.1, -0.05) is 40.8 Å². The zero-order valence-electron chi connectivity index (χ0n) is 10.8. The molecule has 104 valence electrons. The molecular weight excluding hydrogens is 359 g/mol. The van der Waals surface area contributed by atoms with E-state index in [1.54, 1.807) is 19.2 Å². The van der Waals surface area contributed by atoms with E-state index in [-0.39, 0.29) is 24.5 Å². The molecule has 1 aliphatic rings. The molecule has 1 heterocycles. The molecule has 0 bridgehead atoms. The molecule has 1 aromatic carbocycles. The molecule has 0 aromatic heterocycles. The van der Waals surface area contributed by atoms with Crippen molar-refractivity contribution in [1.82, 2.24) is 0 Å². The molecule has 0 aliphatic carbocycles. The molecular formula is C14H17IO4. The van der Waals surface area contributed by atoms with Gasteiger partial charge in [0.05, 0.1) is 5.56 Å². The minimum atomic E-state index is -0.292. The second-order valence-corrected chi connectivity index (χ2v) is 5.26. The van der Waals surface area contributed by atoms with Gasteiger partial charge in [-0.05, 0) is 18.6 Å². The second kappa shape index (κ2) is 7.21. The van der Waals surface area contributed by atoms with Crippen LogP contribution in [0.25, 0.3) is 0 Å². The highest BCUT2D eigenvalue weighted by Gasteiger charge is 2.33. The summed E-state index contributed by atoms with van der Waals surface area (Å²) in [4.78, 5) is 12.0. The Kier molecular flexibility index (Phi) is 5.59. The van der Waals surface area contributed by atoms with Gasteiger partial charge in [0.2, 0.25) is 0 Å². The van der Waals surface area contributed by atoms with Crippen LogP contribution in [0, 0.1) is 0 Å². The number of halogens is 1. The Bertz CT molecular complexity index is 409. The zero-order valence-corrected chi connectivity index (χ0v) is 12.9. The van der Waals surface area contributed by atoms with E-state index in [4.69, 9.17) is 14.2 Å². The Morgan fingerprint density at radius 1 is 1.37 bits per heavy atom. The summed E-state index contributed by atoms with van der Waals surface area (Å²) < 4.78 is 17.2. The first kappa shape index (κ1) is 14.7. The number of esters is 1. The van der Waals surface area contributed by atoms with Gasteiger partial charge in [0.1, 0.15) is 12.2 Å². The molecule has 0 N–H and O–H groups in total. The van der Waals surface area contributed by atoms with Gasteiger partial charge in [0.25, 0.3) is 0 Å². The van der Waals surface area contributed by atoms with Gasteiger partial charge in [-0.2, -0.15) is 0 Å². The highest BCUT2D eigenvalue weighted by Crippen LogP contribution is 2.24. The highest BCUT2D eigenvalue weighted by atomic mass is 127. The van der Waals surface area contributed by atoms with Gasteiger partial charge in [-0.25, -0.2) is 4.79 Å². The van der Waals surface area contributed by atoms with Crippen molar-refractivity contribution in [3.63, 3.8) is 0 Å². The van der Waals surface area contributed by atoms with Crippen LogP contribution in [0.4, 0.5) is 0 Å². The number of carbonyl (C=O) groups excluding carboxylic acids is 1. The van der Waals surface area contributed by atoms with Crippen LogP contribution < -0.4 is 0 Å². The third-order valence-corrected chi connectivity index (χ3v) is 3.98. The standard InChI is InChI=1S/C14H17IO4/c1-17-13-8-7-11(12(9-15)18-13)19-14(16)10-5-3-2-4-6-10/h2-6,11-13H,7-9H2,1H3/t11-,12+,13-/m1/s1.